The van der Waals surface area contributed by atoms with Gasteiger partial charge in [-0.05, 0) is 18.2 Å². The summed E-state index contributed by atoms with van der Waals surface area (Å²) in [6, 6.07) is 37.5. The van der Waals surface area contributed by atoms with Gasteiger partial charge < -0.3 is 4.40 Å². The van der Waals surface area contributed by atoms with Gasteiger partial charge in [-0.3, -0.25) is 9.36 Å². The van der Waals surface area contributed by atoms with Crippen molar-refractivity contribution in [2.24, 2.45) is 0 Å². The second-order valence-electron chi connectivity index (χ2n) is 9.60. The number of nitrogens with zero attached hydrogens (tertiary/aromatic N) is 6. The number of fused-ring (bicyclic) bond motifs is 6. The van der Waals surface area contributed by atoms with E-state index >= 15 is 0 Å². The first-order chi connectivity index (χ1) is 19.7. The van der Waals surface area contributed by atoms with Gasteiger partial charge in [0.2, 0.25) is 5.95 Å². The fourth-order valence-electron chi connectivity index (χ4n) is 5.37. The first-order valence-electron chi connectivity index (χ1n) is 13.0. The monoisotopic (exact) mass is 516 g/mol. The number of hydrogen-bond acceptors (Lipinski definition) is 5. The van der Waals surface area contributed by atoms with E-state index in [0.717, 1.165) is 38.4 Å². The predicted octanol–water partition coefficient (Wildman–Crippen LogP) is 6.46. The molecule has 0 aliphatic rings. The molecule has 0 fully saturated rings. The first-order valence-corrected chi connectivity index (χ1v) is 13.0. The third-order valence-corrected chi connectivity index (χ3v) is 7.22. The van der Waals surface area contributed by atoms with E-state index in [1.807, 2.05) is 112 Å². The molecule has 7 nitrogen and oxygen atoms in total. The van der Waals surface area contributed by atoms with Gasteiger partial charge in [0.1, 0.15) is 5.65 Å². The number of aromatic nitrogens is 6. The van der Waals surface area contributed by atoms with E-state index in [1.165, 1.54) is 0 Å². The van der Waals surface area contributed by atoms with Crippen LogP contribution in [0.3, 0.4) is 0 Å². The summed E-state index contributed by atoms with van der Waals surface area (Å²) < 4.78 is 4.01. The Kier molecular flexibility index (Phi) is 4.84. The molecule has 0 bridgehead atoms. The Labute approximate surface area is 227 Å². The summed E-state index contributed by atoms with van der Waals surface area (Å²) in [5.41, 5.74) is 4.71. The van der Waals surface area contributed by atoms with Gasteiger partial charge in [-0.1, -0.05) is 91.0 Å². The summed E-state index contributed by atoms with van der Waals surface area (Å²) in [6.07, 6.45) is 2.05. The lowest BCUT2D eigenvalue weighted by Gasteiger charge is -2.11. The Morgan fingerprint density at radius 2 is 1.07 bits per heavy atom. The van der Waals surface area contributed by atoms with Crippen LogP contribution in [-0.2, 0) is 0 Å². The highest BCUT2D eigenvalue weighted by Gasteiger charge is 2.19. The Hall–Kier alpha value is -5.69. The van der Waals surface area contributed by atoms with Crippen molar-refractivity contribution in [1.29, 1.82) is 0 Å². The van der Waals surface area contributed by atoms with E-state index in [4.69, 9.17) is 15.0 Å². The molecule has 0 saturated heterocycles. The van der Waals surface area contributed by atoms with Crippen molar-refractivity contribution >= 4 is 38.4 Å². The minimum absolute atomic E-state index is 0.254. The SMILES string of the molecule is O=c1nc2cc3c(cn2c2ccccc12)c1ccccc1n3-c1nc(-c2ccccc2)nc(-c2ccccc2)n1. The lowest BCUT2D eigenvalue weighted by Crippen LogP contribution is -2.11. The van der Waals surface area contributed by atoms with Gasteiger partial charge in [-0.15, -0.1) is 0 Å². The Balaban J connectivity index is 1.49. The van der Waals surface area contributed by atoms with E-state index in [0.29, 0.717) is 28.6 Å². The van der Waals surface area contributed by atoms with Gasteiger partial charge in [-0.25, -0.2) is 4.98 Å². The van der Waals surface area contributed by atoms with E-state index in [2.05, 4.69) is 23.3 Å². The fourth-order valence-corrected chi connectivity index (χ4v) is 5.37. The van der Waals surface area contributed by atoms with E-state index in [1.54, 1.807) is 0 Å². The number of pyridine rings is 1. The zero-order valence-corrected chi connectivity index (χ0v) is 21.1. The summed E-state index contributed by atoms with van der Waals surface area (Å²) in [5, 5.41) is 2.63. The first kappa shape index (κ1) is 22.3. The quantitative estimate of drug-likeness (QED) is 0.252. The normalized spacial score (nSPS) is 11.6. The van der Waals surface area contributed by atoms with Gasteiger partial charge in [0.25, 0.3) is 5.56 Å². The number of benzene rings is 4. The molecule has 188 valence electrons. The lowest BCUT2D eigenvalue weighted by molar-refractivity contribution is 0.952. The van der Waals surface area contributed by atoms with Crippen LogP contribution in [0, 0.1) is 0 Å². The number of rotatable bonds is 3. The smallest absolute Gasteiger partial charge is 0.281 e. The highest BCUT2D eigenvalue weighted by Crippen LogP contribution is 2.33. The van der Waals surface area contributed by atoms with Crippen LogP contribution in [0.15, 0.2) is 126 Å². The second kappa shape index (κ2) is 8.68. The summed E-state index contributed by atoms with van der Waals surface area (Å²) >= 11 is 0. The Morgan fingerprint density at radius 1 is 0.500 bits per heavy atom. The van der Waals surface area contributed by atoms with Crippen molar-refractivity contribution < 1.29 is 0 Å². The predicted molar refractivity (Wildman–Crippen MR) is 158 cm³/mol. The topological polar surface area (TPSA) is 78.0 Å². The molecule has 40 heavy (non-hydrogen) atoms. The molecule has 0 radical (unpaired) electrons. The minimum Gasteiger partial charge on any atom is -0.300 e. The molecule has 8 rings (SSSR count). The maximum atomic E-state index is 12.9. The molecule has 0 amide bonds. The zero-order valence-electron chi connectivity index (χ0n) is 21.1. The Bertz CT molecular complexity index is 2230. The lowest BCUT2D eigenvalue weighted by atomic mass is 10.2. The molecule has 0 spiro atoms. The van der Waals surface area contributed by atoms with Crippen LogP contribution in [-0.4, -0.2) is 28.9 Å². The molecule has 0 N–H and O–H groups in total. The van der Waals surface area contributed by atoms with E-state index < -0.39 is 0 Å². The van der Waals surface area contributed by atoms with Gasteiger partial charge in [0.15, 0.2) is 11.6 Å². The van der Waals surface area contributed by atoms with Gasteiger partial charge in [0.05, 0.1) is 21.9 Å². The molecule has 4 aromatic carbocycles. The molecule has 8 aromatic rings. The molecular weight excluding hydrogens is 496 g/mol. The van der Waals surface area contributed by atoms with Crippen LogP contribution in [0.1, 0.15) is 0 Å². The molecule has 0 aliphatic heterocycles. The largest absolute Gasteiger partial charge is 0.300 e. The van der Waals surface area contributed by atoms with Crippen molar-refractivity contribution in [3.63, 3.8) is 0 Å². The van der Waals surface area contributed by atoms with Crippen LogP contribution in [0.25, 0.3) is 67.1 Å². The average Bonchev–Trinajstić information content (AvgIpc) is 3.34. The second-order valence-corrected chi connectivity index (χ2v) is 9.60. The highest BCUT2D eigenvalue weighted by molar-refractivity contribution is 6.09. The van der Waals surface area contributed by atoms with Gasteiger partial charge in [0, 0.05) is 34.2 Å². The van der Waals surface area contributed by atoms with Crippen molar-refractivity contribution in [3.8, 4) is 28.7 Å². The average molecular weight is 517 g/mol. The van der Waals surface area contributed by atoms with Crippen molar-refractivity contribution in [2.75, 3.05) is 0 Å². The molecule has 4 aromatic heterocycles. The van der Waals surface area contributed by atoms with Crippen molar-refractivity contribution in [3.05, 3.63) is 132 Å². The molecule has 4 heterocycles. The summed E-state index contributed by atoms with van der Waals surface area (Å²) in [7, 11) is 0. The maximum Gasteiger partial charge on any atom is 0.281 e. The van der Waals surface area contributed by atoms with Gasteiger partial charge in [-0.2, -0.15) is 15.0 Å². The maximum absolute atomic E-state index is 12.9. The summed E-state index contributed by atoms with van der Waals surface area (Å²) in [4.78, 5) is 32.1. The summed E-state index contributed by atoms with van der Waals surface area (Å²) in [6.45, 7) is 0. The zero-order chi connectivity index (χ0) is 26.6. The minimum atomic E-state index is -0.254. The number of hydrogen-bond donors (Lipinski definition) is 0. The van der Waals surface area contributed by atoms with Crippen LogP contribution in [0.4, 0.5) is 0 Å². The van der Waals surface area contributed by atoms with Gasteiger partial charge >= 0.3 is 0 Å². The molecule has 0 atom stereocenters. The fraction of sp³-hybridized carbons (Fsp3) is 0. The van der Waals surface area contributed by atoms with Crippen LogP contribution in [0.2, 0.25) is 0 Å². The van der Waals surface area contributed by atoms with Crippen LogP contribution < -0.4 is 5.56 Å². The third-order valence-electron chi connectivity index (χ3n) is 7.22. The number of para-hydroxylation sites is 2. The Morgan fingerprint density at radius 3 is 1.75 bits per heavy atom. The van der Waals surface area contributed by atoms with E-state index in [9.17, 15) is 4.79 Å². The standard InChI is InChI=1S/C33H20N6O/c40-32-24-16-8-9-17-26(24)38-20-25-23-15-7-10-18-27(23)39(28(25)19-29(38)34-32)33-36-30(21-11-3-1-4-12-21)35-31(37-33)22-13-5-2-6-14-22/h1-20H. The van der Waals surface area contributed by atoms with Crippen LogP contribution >= 0.6 is 0 Å². The van der Waals surface area contributed by atoms with E-state index in [-0.39, 0.29) is 5.56 Å². The molecule has 0 aliphatic carbocycles. The van der Waals surface area contributed by atoms with Crippen molar-refractivity contribution in [2.45, 2.75) is 0 Å². The molecule has 0 unspecified atom stereocenters. The highest BCUT2D eigenvalue weighted by atomic mass is 16.1. The molecular formula is C33H20N6O. The molecule has 0 saturated carbocycles. The summed E-state index contributed by atoms with van der Waals surface area (Å²) in [5.74, 6) is 1.65. The molecule has 7 heteroatoms. The third kappa shape index (κ3) is 3.41. The van der Waals surface area contributed by atoms with Crippen LogP contribution in [0.5, 0.6) is 0 Å². The van der Waals surface area contributed by atoms with Crippen molar-refractivity contribution in [1.82, 2.24) is 28.9 Å².